The van der Waals surface area contributed by atoms with Gasteiger partial charge in [-0.05, 0) is 22.6 Å². The molecule has 1 N–H and O–H groups in total. The molecule has 1 aromatic heterocycles. The fourth-order valence-electron chi connectivity index (χ4n) is 1.39. The van der Waals surface area contributed by atoms with Crippen LogP contribution in [0.2, 0.25) is 0 Å². The van der Waals surface area contributed by atoms with Crippen molar-refractivity contribution < 1.29 is 5.21 Å². The van der Waals surface area contributed by atoms with Gasteiger partial charge in [0.1, 0.15) is 0 Å². The topological polar surface area (TPSA) is 32.6 Å². The molecule has 0 atom stereocenters. The molecule has 0 saturated carbocycles. The van der Waals surface area contributed by atoms with Crippen molar-refractivity contribution in [1.29, 1.82) is 0 Å². The summed E-state index contributed by atoms with van der Waals surface area (Å²) in [7, 11) is 0. The highest BCUT2D eigenvalue weighted by atomic mass is 32.1. The monoisotopic (exact) mass is 217 g/mol. The van der Waals surface area contributed by atoms with Crippen LogP contribution in [0.4, 0.5) is 0 Å². The van der Waals surface area contributed by atoms with Gasteiger partial charge in [-0.15, -0.1) is 16.5 Å². The third-order valence-corrected chi connectivity index (χ3v) is 3.09. The van der Waals surface area contributed by atoms with Gasteiger partial charge in [0, 0.05) is 17.5 Å². The minimum Gasteiger partial charge on any atom is -0.411 e. The number of hydrogen-bond donors (Lipinski definition) is 1. The minimum atomic E-state index is 0.668. The molecule has 15 heavy (non-hydrogen) atoms. The summed E-state index contributed by atoms with van der Waals surface area (Å²) in [5.74, 6) is 0. The van der Waals surface area contributed by atoms with Gasteiger partial charge < -0.3 is 5.21 Å². The summed E-state index contributed by atoms with van der Waals surface area (Å²) in [4.78, 5) is 1.28. The predicted octanol–water partition coefficient (Wildman–Crippen LogP) is 3.42. The van der Waals surface area contributed by atoms with Crippen molar-refractivity contribution in [2.45, 2.75) is 6.42 Å². The lowest BCUT2D eigenvalue weighted by Crippen LogP contribution is -1.85. The fraction of sp³-hybridized carbons (Fsp3) is 0.0833. The largest absolute Gasteiger partial charge is 0.411 e. The molecule has 2 aromatic rings. The highest BCUT2D eigenvalue weighted by Crippen LogP contribution is 2.24. The second kappa shape index (κ2) is 4.75. The number of thiophene rings is 1. The average Bonchev–Trinajstić information content (AvgIpc) is 2.80. The van der Waals surface area contributed by atoms with Crippen LogP contribution in [0.5, 0.6) is 0 Å². The molecule has 0 fully saturated rings. The van der Waals surface area contributed by atoms with Crippen LogP contribution in [-0.2, 0) is 6.42 Å². The molecular weight excluding hydrogens is 206 g/mol. The number of nitrogens with zero attached hydrogens (tertiary/aromatic N) is 1. The third-order valence-electron chi connectivity index (χ3n) is 2.17. The first kappa shape index (κ1) is 9.93. The van der Waals surface area contributed by atoms with Gasteiger partial charge in [0.15, 0.2) is 0 Å². The van der Waals surface area contributed by atoms with Gasteiger partial charge in [0.2, 0.25) is 0 Å². The summed E-state index contributed by atoms with van der Waals surface area (Å²) in [6, 6.07) is 12.4. The lowest BCUT2D eigenvalue weighted by molar-refractivity contribution is 0.321. The van der Waals surface area contributed by atoms with Crippen molar-refractivity contribution in [1.82, 2.24) is 0 Å². The molecule has 0 bridgehead atoms. The van der Waals surface area contributed by atoms with Gasteiger partial charge in [0.25, 0.3) is 0 Å². The third kappa shape index (κ3) is 2.44. The molecule has 2 nitrogen and oxygen atoms in total. The average molecular weight is 217 g/mol. The van der Waals surface area contributed by atoms with E-state index in [1.165, 1.54) is 16.7 Å². The first-order chi connectivity index (χ1) is 7.40. The number of rotatable bonds is 3. The summed E-state index contributed by atoms with van der Waals surface area (Å²) in [6.07, 6.45) is 2.15. The van der Waals surface area contributed by atoms with Crippen LogP contribution in [0.25, 0.3) is 10.4 Å². The molecule has 1 aromatic carbocycles. The molecule has 0 saturated heterocycles. The number of benzene rings is 1. The van der Waals surface area contributed by atoms with Crippen molar-refractivity contribution in [3.8, 4) is 10.4 Å². The zero-order chi connectivity index (χ0) is 10.5. The van der Waals surface area contributed by atoms with Crippen LogP contribution >= 0.6 is 11.3 Å². The van der Waals surface area contributed by atoms with Crippen LogP contribution in [-0.4, -0.2) is 11.4 Å². The second-order valence-corrected chi connectivity index (χ2v) is 4.12. The van der Waals surface area contributed by atoms with Gasteiger partial charge >= 0.3 is 0 Å². The summed E-state index contributed by atoms with van der Waals surface area (Å²) in [5, 5.41) is 13.4. The molecule has 0 spiro atoms. The molecule has 0 unspecified atom stereocenters. The molecule has 0 aliphatic carbocycles. The van der Waals surface area contributed by atoms with Crippen LogP contribution in [0.3, 0.4) is 0 Å². The maximum absolute atomic E-state index is 8.30. The Balaban J connectivity index is 2.17. The molecule has 1 heterocycles. The number of oxime groups is 1. The van der Waals surface area contributed by atoms with E-state index < -0.39 is 0 Å². The van der Waals surface area contributed by atoms with Gasteiger partial charge in [0.05, 0.1) is 0 Å². The summed E-state index contributed by atoms with van der Waals surface area (Å²) in [6.45, 7) is 0. The van der Waals surface area contributed by atoms with E-state index in [4.69, 9.17) is 5.21 Å². The Labute approximate surface area is 92.5 Å². The van der Waals surface area contributed by atoms with Crippen molar-refractivity contribution in [2.24, 2.45) is 5.16 Å². The van der Waals surface area contributed by atoms with E-state index in [2.05, 4.69) is 40.9 Å². The second-order valence-electron chi connectivity index (χ2n) is 3.18. The molecule has 0 aliphatic heterocycles. The van der Waals surface area contributed by atoms with Crippen molar-refractivity contribution in [3.63, 3.8) is 0 Å². The zero-order valence-corrected chi connectivity index (χ0v) is 8.95. The normalized spacial score (nSPS) is 10.9. The Kier molecular flexibility index (Phi) is 3.15. The predicted molar refractivity (Wildman–Crippen MR) is 63.7 cm³/mol. The first-order valence-electron chi connectivity index (χ1n) is 4.69. The quantitative estimate of drug-likeness (QED) is 0.477. The van der Waals surface area contributed by atoms with Gasteiger partial charge in [-0.1, -0.05) is 30.3 Å². The highest BCUT2D eigenvalue weighted by Gasteiger charge is 1.97. The molecule has 2 rings (SSSR count). The first-order valence-corrected chi connectivity index (χ1v) is 5.57. The van der Waals surface area contributed by atoms with E-state index in [0.717, 1.165) is 5.56 Å². The Bertz CT molecular complexity index is 431. The van der Waals surface area contributed by atoms with Crippen molar-refractivity contribution in [2.75, 3.05) is 0 Å². The van der Waals surface area contributed by atoms with Gasteiger partial charge in [-0.25, -0.2) is 0 Å². The van der Waals surface area contributed by atoms with Crippen LogP contribution < -0.4 is 0 Å². The van der Waals surface area contributed by atoms with Gasteiger partial charge in [-0.2, -0.15) is 0 Å². The fourth-order valence-corrected chi connectivity index (χ4v) is 2.13. The molecule has 0 radical (unpaired) electrons. The lowest BCUT2D eigenvalue weighted by Gasteiger charge is -1.99. The SMILES string of the molecule is ON=CCc1ccc(-c2cccs2)cc1. The van der Waals surface area contributed by atoms with Gasteiger partial charge in [-0.3, -0.25) is 0 Å². The number of hydrogen-bond acceptors (Lipinski definition) is 3. The Hall–Kier alpha value is -1.61. The highest BCUT2D eigenvalue weighted by molar-refractivity contribution is 7.13. The summed E-state index contributed by atoms with van der Waals surface area (Å²) >= 11 is 1.73. The van der Waals surface area contributed by atoms with E-state index in [1.807, 2.05) is 6.07 Å². The molecule has 0 amide bonds. The summed E-state index contributed by atoms with van der Waals surface area (Å²) in [5.41, 5.74) is 2.38. The van der Waals surface area contributed by atoms with Crippen molar-refractivity contribution >= 4 is 17.6 Å². The van der Waals surface area contributed by atoms with Crippen LogP contribution in [0.1, 0.15) is 5.56 Å². The van der Waals surface area contributed by atoms with E-state index >= 15 is 0 Å². The Morgan fingerprint density at radius 3 is 2.60 bits per heavy atom. The Morgan fingerprint density at radius 2 is 2.00 bits per heavy atom. The molecule has 0 aliphatic rings. The van der Waals surface area contributed by atoms with Crippen LogP contribution in [0, 0.1) is 0 Å². The maximum atomic E-state index is 8.30. The smallest absolute Gasteiger partial charge is 0.0479 e. The molecule has 76 valence electrons. The van der Waals surface area contributed by atoms with Crippen LogP contribution in [0.15, 0.2) is 46.9 Å². The standard InChI is InChI=1S/C12H11NOS/c14-13-8-7-10-3-5-11(6-4-10)12-2-1-9-15-12/h1-6,8-9,14H,7H2. The minimum absolute atomic E-state index is 0.668. The molecular formula is C12H11NOS. The zero-order valence-electron chi connectivity index (χ0n) is 8.13. The summed E-state index contributed by atoms with van der Waals surface area (Å²) < 4.78 is 0. The van der Waals surface area contributed by atoms with E-state index in [9.17, 15) is 0 Å². The van der Waals surface area contributed by atoms with E-state index in [-0.39, 0.29) is 0 Å². The lowest BCUT2D eigenvalue weighted by atomic mass is 10.1. The van der Waals surface area contributed by atoms with E-state index in [0.29, 0.717) is 6.42 Å². The Morgan fingerprint density at radius 1 is 1.20 bits per heavy atom. The van der Waals surface area contributed by atoms with Crippen molar-refractivity contribution in [3.05, 3.63) is 47.3 Å². The maximum Gasteiger partial charge on any atom is 0.0479 e. The molecule has 3 heteroatoms. The van der Waals surface area contributed by atoms with E-state index in [1.54, 1.807) is 11.3 Å².